The summed E-state index contributed by atoms with van der Waals surface area (Å²) < 4.78 is 0. The van der Waals surface area contributed by atoms with Gasteiger partial charge in [0, 0.05) is 52.0 Å². The van der Waals surface area contributed by atoms with E-state index in [1.54, 1.807) is 0 Å². The van der Waals surface area contributed by atoms with Crippen LogP contribution in [-0.2, 0) is 6.54 Å². The van der Waals surface area contributed by atoms with Crippen molar-refractivity contribution in [2.75, 3.05) is 39.3 Å². The van der Waals surface area contributed by atoms with Gasteiger partial charge in [0.15, 0.2) is 0 Å². The number of nitrogens with one attached hydrogen (secondary N) is 2. The third-order valence-corrected chi connectivity index (χ3v) is 4.04. The van der Waals surface area contributed by atoms with Crippen LogP contribution in [0.4, 0.5) is 0 Å². The van der Waals surface area contributed by atoms with Gasteiger partial charge in [-0.05, 0) is 24.5 Å². The Morgan fingerprint density at radius 2 is 1.95 bits per heavy atom. The number of pyridine rings is 1. The molecule has 0 radical (unpaired) electrons. The molecule has 2 N–H and O–H groups in total. The maximum atomic E-state index is 12.1. The van der Waals surface area contributed by atoms with Crippen LogP contribution in [-0.4, -0.2) is 60.1 Å². The number of rotatable bonds is 4. The fraction of sp³-hybridized carbons (Fsp3) is 0.600. The third-order valence-electron chi connectivity index (χ3n) is 4.04. The summed E-state index contributed by atoms with van der Waals surface area (Å²) in [5.74, 6) is -0.106. The van der Waals surface area contributed by atoms with Gasteiger partial charge < -0.3 is 5.32 Å². The van der Waals surface area contributed by atoms with E-state index in [1.165, 1.54) is 0 Å². The molecule has 0 aliphatic carbocycles. The Hall–Kier alpha value is -1.50. The van der Waals surface area contributed by atoms with Crippen LogP contribution in [0.2, 0.25) is 0 Å². The zero-order valence-corrected chi connectivity index (χ0v) is 12.3. The smallest absolute Gasteiger partial charge is 0.284 e. The molecule has 0 aromatic carbocycles. The first kappa shape index (κ1) is 14.4. The molecule has 0 saturated carbocycles. The van der Waals surface area contributed by atoms with Crippen molar-refractivity contribution in [3.63, 3.8) is 0 Å². The fourth-order valence-corrected chi connectivity index (χ4v) is 2.81. The lowest BCUT2D eigenvalue weighted by Gasteiger charge is -2.27. The molecule has 1 aromatic rings. The topological polar surface area (TPSA) is 60.5 Å². The Kier molecular flexibility index (Phi) is 4.80. The van der Waals surface area contributed by atoms with Crippen LogP contribution in [0.5, 0.6) is 0 Å². The molecule has 114 valence electrons. The standard InChI is InChI=1S/C15H23N5O/c21-15(18-20-7-1-2-8-20)14-4-3-13(11-17-14)12-19-9-5-16-6-10-19/h3-4,11,16H,1-2,5-10,12H2,(H,18,21). The number of carbonyl (C=O) groups excluding carboxylic acids is 1. The quantitative estimate of drug-likeness (QED) is 0.831. The number of hydrazine groups is 1. The highest BCUT2D eigenvalue weighted by atomic mass is 16.2. The summed E-state index contributed by atoms with van der Waals surface area (Å²) in [4.78, 5) is 18.8. The summed E-state index contributed by atoms with van der Waals surface area (Å²) in [6.45, 7) is 7.00. The van der Waals surface area contributed by atoms with Crippen molar-refractivity contribution in [2.45, 2.75) is 19.4 Å². The maximum absolute atomic E-state index is 12.1. The van der Waals surface area contributed by atoms with Crippen LogP contribution >= 0.6 is 0 Å². The van der Waals surface area contributed by atoms with Crippen molar-refractivity contribution >= 4 is 5.91 Å². The maximum Gasteiger partial charge on any atom is 0.284 e. The lowest BCUT2D eigenvalue weighted by Crippen LogP contribution is -2.43. The number of piperazine rings is 1. The Morgan fingerprint density at radius 1 is 1.19 bits per heavy atom. The summed E-state index contributed by atoms with van der Waals surface area (Å²) in [5.41, 5.74) is 4.56. The van der Waals surface area contributed by atoms with Crippen molar-refractivity contribution in [2.24, 2.45) is 0 Å². The molecule has 6 heteroatoms. The number of hydrogen-bond acceptors (Lipinski definition) is 5. The lowest BCUT2D eigenvalue weighted by molar-refractivity contribution is 0.0820. The number of amides is 1. The molecule has 0 bridgehead atoms. The van der Waals surface area contributed by atoms with Crippen LogP contribution in [0.3, 0.4) is 0 Å². The highest BCUT2D eigenvalue weighted by molar-refractivity contribution is 5.91. The predicted octanol–water partition coefficient (Wildman–Crippen LogP) is 0.227. The molecule has 0 spiro atoms. The van der Waals surface area contributed by atoms with E-state index in [2.05, 4.69) is 20.6 Å². The van der Waals surface area contributed by atoms with Gasteiger partial charge >= 0.3 is 0 Å². The molecule has 3 rings (SSSR count). The first-order valence-corrected chi connectivity index (χ1v) is 7.75. The Morgan fingerprint density at radius 3 is 2.62 bits per heavy atom. The van der Waals surface area contributed by atoms with Gasteiger partial charge in [0.1, 0.15) is 5.69 Å². The summed E-state index contributed by atoms with van der Waals surface area (Å²) in [6, 6.07) is 3.83. The summed E-state index contributed by atoms with van der Waals surface area (Å²) in [6.07, 6.45) is 4.12. The molecular weight excluding hydrogens is 266 g/mol. The molecule has 21 heavy (non-hydrogen) atoms. The van der Waals surface area contributed by atoms with Crippen molar-refractivity contribution < 1.29 is 4.79 Å². The van der Waals surface area contributed by atoms with Gasteiger partial charge in [-0.2, -0.15) is 0 Å². The van der Waals surface area contributed by atoms with E-state index in [0.717, 1.165) is 64.2 Å². The largest absolute Gasteiger partial charge is 0.314 e. The van der Waals surface area contributed by atoms with E-state index in [9.17, 15) is 4.79 Å². The van der Waals surface area contributed by atoms with Crippen LogP contribution in [0.1, 0.15) is 28.9 Å². The number of carbonyl (C=O) groups is 1. The predicted molar refractivity (Wildman–Crippen MR) is 80.7 cm³/mol. The molecule has 2 aliphatic heterocycles. The Labute approximate surface area is 125 Å². The van der Waals surface area contributed by atoms with Gasteiger partial charge in [-0.3, -0.25) is 20.1 Å². The summed E-state index contributed by atoms with van der Waals surface area (Å²) in [7, 11) is 0. The number of hydrogen-bond donors (Lipinski definition) is 2. The van der Waals surface area contributed by atoms with Gasteiger partial charge in [0.2, 0.25) is 0 Å². The Bertz CT molecular complexity index is 463. The molecule has 3 heterocycles. The van der Waals surface area contributed by atoms with Crippen molar-refractivity contribution in [1.82, 2.24) is 25.6 Å². The second-order valence-corrected chi connectivity index (χ2v) is 5.71. The van der Waals surface area contributed by atoms with Crippen molar-refractivity contribution in [3.8, 4) is 0 Å². The average Bonchev–Trinajstić information content (AvgIpc) is 3.02. The molecule has 1 aromatic heterocycles. The molecule has 0 atom stereocenters. The molecule has 2 aliphatic rings. The first-order chi connectivity index (χ1) is 10.3. The fourth-order valence-electron chi connectivity index (χ4n) is 2.81. The van der Waals surface area contributed by atoms with Crippen LogP contribution in [0.15, 0.2) is 18.3 Å². The number of nitrogens with zero attached hydrogens (tertiary/aromatic N) is 3. The van der Waals surface area contributed by atoms with E-state index in [-0.39, 0.29) is 5.91 Å². The van der Waals surface area contributed by atoms with E-state index in [0.29, 0.717) is 5.69 Å². The summed E-state index contributed by atoms with van der Waals surface area (Å²) in [5, 5.41) is 5.31. The lowest BCUT2D eigenvalue weighted by atomic mass is 10.2. The second kappa shape index (κ2) is 6.98. The first-order valence-electron chi connectivity index (χ1n) is 7.75. The monoisotopic (exact) mass is 289 g/mol. The highest BCUT2D eigenvalue weighted by Gasteiger charge is 2.16. The second-order valence-electron chi connectivity index (χ2n) is 5.71. The van der Waals surface area contributed by atoms with Gasteiger partial charge in [0.25, 0.3) is 5.91 Å². The van der Waals surface area contributed by atoms with Gasteiger partial charge in [-0.15, -0.1) is 0 Å². The molecule has 2 saturated heterocycles. The SMILES string of the molecule is O=C(NN1CCCC1)c1ccc(CN2CCNCC2)cn1. The minimum absolute atomic E-state index is 0.106. The van der Waals surface area contributed by atoms with Crippen LogP contribution < -0.4 is 10.7 Å². The van der Waals surface area contributed by atoms with Crippen LogP contribution in [0.25, 0.3) is 0 Å². The van der Waals surface area contributed by atoms with Crippen molar-refractivity contribution in [1.29, 1.82) is 0 Å². The van der Waals surface area contributed by atoms with E-state index in [4.69, 9.17) is 0 Å². The zero-order valence-electron chi connectivity index (χ0n) is 12.3. The summed E-state index contributed by atoms with van der Waals surface area (Å²) >= 11 is 0. The molecule has 1 amide bonds. The molecular formula is C15H23N5O. The van der Waals surface area contributed by atoms with E-state index in [1.807, 2.05) is 23.3 Å². The normalized spacial score (nSPS) is 20.6. The molecule has 2 fully saturated rings. The van der Waals surface area contributed by atoms with Crippen molar-refractivity contribution in [3.05, 3.63) is 29.6 Å². The van der Waals surface area contributed by atoms with E-state index < -0.39 is 0 Å². The molecule has 0 unspecified atom stereocenters. The Balaban J connectivity index is 1.54. The van der Waals surface area contributed by atoms with Gasteiger partial charge in [0.05, 0.1) is 0 Å². The van der Waals surface area contributed by atoms with Gasteiger partial charge in [-0.25, -0.2) is 5.01 Å². The minimum atomic E-state index is -0.106. The van der Waals surface area contributed by atoms with Gasteiger partial charge in [-0.1, -0.05) is 6.07 Å². The highest BCUT2D eigenvalue weighted by Crippen LogP contribution is 2.07. The van der Waals surface area contributed by atoms with E-state index >= 15 is 0 Å². The molecule has 6 nitrogen and oxygen atoms in total. The number of aromatic nitrogens is 1. The average molecular weight is 289 g/mol. The zero-order chi connectivity index (χ0) is 14.5. The van der Waals surface area contributed by atoms with Crippen LogP contribution in [0, 0.1) is 0 Å². The minimum Gasteiger partial charge on any atom is -0.314 e. The third kappa shape index (κ3) is 4.00.